The minimum Gasteiger partial charge on any atom is -0.392 e. The number of aliphatic hydroxyl groups excluding tert-OH is 1. The monoisotopic (exact) mass is 451 g/mol. The Hall–Kier alpha value is -3.77. The Labute approximate surface area is 200 Å². The summed E-state index contributed by atoms with van der Waals surface area (Å²) < 4.78 is 0. The van der Waals surface area contributed by atoms with Gasteiger partial charge in [0.2, 0.25) is 5.95 Å². The standard InChI is InChI=1S/C28H29N5O/c1-19(16-20-6-5-7-21(17-20)18-34)30-28-29-15-14-26(33-28)25-13-11-23-10-12-24(31-27(23)32-25)22-8-3-2-4-9-22/h2-10,12,14-15,17,19,25,34H,11,13,16,18H2,1H3,(H,31,32)(H,29,30,33). The molecule has 2 aromatic carbocycles. The maximum absolute atomic E-state index is 9.37. The van der Waals surface area contributed by atoms with Crippen LogP contribution in [-0.2, 0) is 19.4 Å². The van der Waals surface area contributed by atoms with Crippen molar-refractivity contribution in [1.29, 1.82) is 0 Å². The van der Waals surface area contributed by atoms with E-state index in [0.29, 0.717) is 5.95 Å². The fourth-order valence-corrected chi connectivity index (χ4v) is 4.46. The highest BCUT2D eigenvalue weighted by Gasteiger charge is 2.22. The average Bonchev–Trinajstić information content (AvgIpc) is 2.88. The molecule has 172 valence electrons. The number of rotatable bonds is 7. The van der Waals surface area contributed by atoms with Crippen LogP contribution in [-0.4, -0.2) is 26.1 Å². The minimum atomic E-state index is 0.0556. The molecule has 6 heteroatoms. The minimum absolute atomic E-state index is 0.0556. The molecule has 0 saturated carbocycles. The predicted octanol–water partition coefficient (Wildman–Crippen LogP) is 5.17. The summed E-state index contributed by atoms with van der Waals surface area (Å²) in [6, 6.07) is 24.8. The highest BCUT2D eigenvalue weighted by Crippen LogP contribution is 2.32. The fraction of sp³-hybridized carbons (Fsp3) is 0.250. The molecule has 34 heavy (non-hydrogen) atoms. The zero-order valence-electron chi connectivity index (χ0n) is 19.3. The largest absolute Gasteiger partial charge is 0.392 e. The smallest absolute Gasteiger partial charge is 0.223 e. The molecular weight excluding hydrogens is 422 g/mol. The molecule has 0 radical (unpaired) electrons. The first-order valence-electron chi connectivity index (χ1n) is 11.8. The number of nitrogens with one attached hydrogen (secondary N) is 2. The van der Waals surface area contributed by atoms with Crippen LogP contribution in [0.25, 0.3) is 11.3 Å². The van der Waals surface area contributed by atoms with Crippen LogP contribution in [0.5, 0.6) is 0 Å². The first-order valence-corrected chi connectivity index (χ1v) is 11.8. The molecule has 5 rings (SSSR count). The van der Waals surface area contributed by atoms with Gasteiger partial charge in [0.25, 0.3) is 0 Å². The van der Waals surface area contributed by atoms with Crippen LogP contribution < -0.4 is 10.6 Å². The van der Waals surface area contributed by atoms with Gasteiger partial charge in [-0.3, -0.25) is 0 Å². The molecule has 1 aliphatic heterocycles. The summed E-state index contributed by atoms with van der Waals surface area (Å²) in [5.41, 5.74) is 6.38. The summed E-state index contributed by atoms with van der Waals surface area (Å²) in [6.07, 6.45) is 4.55. The maximum atomic E-state index is 9.37. The van der Waals surface area contributed by atoms with Crippen LogP contribution in [0, 0.1) is 0 Å². The van der Waals surface area contributed by atoms with E-state index in [0.717, 1.165) is 47.6 Å². The molecule has 0 amide bonds. The van der Waals surface area contributed by atoms with Crippen LogP contribution in [0.3, 0.4) is 0 Å². The summed E-state index contributed by atoms with van der Waals surface area (Å²) in [6.45, 7) is 2.17. The third kappa shape index (κ3) is 5.07. The van der Waals surface area contributed by atoms with E-state index in [1.165, 1.54) is 11.1 Å². The Morgan fingerprint density at radius 1 is 1.00 bits per heavy atom. The number of benzene rings is 2. The zero-order chi connectivity index (χ0) is 23.3. The van der Waals surface area contributed by atoms with Crippen molar-refractivity contribution in [2.75, 3.05) is 10.6 Å². The van der Waals surface area contributed by atoms with Crippen molar-refractivity contribution >= 4 is 11.8 Å². The van der Waals surface area contributed by atoms with Crippen LogP contribution in [0.15, 0.2) is 79.0 Å². The molecule has 2 atom stereocenters. The molecule has 0 spiro atoms. The first kappa shape index (κ1) is 22.0. The molecule has 0 saturated heterocycles. The van der Waals surface area contributed by atoms with Gasteiger partial charge in [-0.05, 0) is 55.0 Å². The van der Waals surface area contributed by atoms with Gasteiger partial charge >= 0.3 is 0 Å². The number of hydrogen-bond acceptors (Lipinski definition) is 6. The zero-order valence-corrected chi connectivity index (χ0v) is 19.3. The lowest BCUT2D eigenvalue weighted by Crippen LogP contribution is -2.23. The van der Waals surface area contributed by atoms with E-state index >= 15 is 0 Å². The summed E-state index contributed by atoms with van der Waals surface area (Å²) in [7, 11) is 0. The lowest BCUT2D eigenvalue weighted by Gasteiger charge is -2.26. The van der Waals surface area contributed by atoms with Crippen molar-refractivity contribution in [3.8, 4) is 11.3 Å². The highest BCUT2D eigenvalue weighted by molar-refractivity contribution is 5.63. The van der Waals surface area contributed by atoms with Crippen molar-refractivity contribution in [1.82, 2.24) is 15.0 Å². The number of hydrogen-bond donors (Lipinski definition) is 3. The highest BCUT2D eigenvalue weighted by atomic mass is 16.3. The van der Waals surface area contributed by atoms with Gasteiger partial charge in [0.05, 0.1) is 24.0 Å². The quantitative estimate of drug-likeness (QED) is 0.359. The number of aliphatic hydroxyl groups is 1. The van der Waals surface area contributed by atoms with Crippen molar-refractivity contribution in [3.63, 3.8) is 0 Å². The number of fused-ring (bicyclic) bond motifs is 1. The average molecular weight is 452 g/mol. The Bertz CT molecular complexity index is 1260. The van der Waals surface area contributed by atoms with E-state index in [2.05, 4.69) is 52.9 Å². The van der Waals surface area contributed by atoms with E-state index in [1.54, 1.807) is 0 Å². The normalized spacial score (nSPS) is 15.8. The predicted molar refractivity (Wildman–Crippen MR) is 136 cm³/mol. The van der Waals surface area contributed by atoms with Crippen molar-refractivity contribution in [3.05, 3.63) is 101 Å². The number of pyridine rings is 1. The van der Waals surface area contributed by atoms with E-state index < -0.39 is 0 Å². The molecule has 0 fully saturated rings. The van der Waals surface area contributed by atoms with E-state index in [9.17, 15) is 5.11 Å². The number of aryl methyl sites for hydroxylation is 1. The van der Waals surface area contributed by atoms with Crippen molar-refractivity contribution < 1.29 is 5.11 Å². The topological polar surface area (TPSA) is 83.0 Å². The number of anilines is 2. The van der Waals surface area contributed by atoms with Gasteiger partial charge in [-0.2, -0.15) is 0 Å². The molecule has 4 aromatic rings. The summed E-state index contributed by atoms with van der Waals surface area (Å²) in [5.74, 6) is 1.56. The molecule has 0 aliphatic carbocycles. The van der Waals surface area contributed by atoms with Crippen LogP contribution in [0.4, 0.5) is 11.8 Å². The molecule has 2 aromatic heterocycles. The third-order valence-corrected chi connectivity index (χ3v) is 6.19. The number of aromatic nitrogens is 3. The molecule has 3 N–H and O–H groups in total. The van der Waals surface area contributed by atoms with Gasteiger partial charge in [0, 0.05) is 17.8 Å². The van der Waals surface area contributed by atoms with Gasteiger partial charge < -0.3 is 15.7 Å². The second kappa shape index (κ2) is 10.0. The third-order valence-electron chi connectivity index (χ3n) is 6.19. The SMILES string of the molecule is CC(Cc1cccc(CO)c1)Nc1nccc(C2CCc3ccc(-c4ccccc4)nc3N2)n1. The van der Waals surface area contributed by atoms with Gasteiger partial charge in [-0.1, -0.05) is 60.7 Å². The first-order chi connectivity index (χ1) is 16.7. The maximum Gasteiger partial charge on any atom is 0.223 e. The molecule has 1 aliphatic rings. The van der Waals surface area contributed by atoms with Crippen LogP contribution >= 0.6 is 0 Å². The summed E-state index contributed by atoms with van der Waals surface area (Å²) in [5, 5.41) is 16.4. The van der Waals surface area contributed by atoms with Gasteiger partial charge in [0.15, 0.2) is 0 Å². The van der Waals surface area contributed by atoms with E-state index in [4.69, 9.17) is 9.97 Å². The number of nitrogens with zero attached hydrogens (tertiary/aromatic N) is 3. The lowest BCUT2D eigenvalue weighted by atomic mass is 9.98. The van der Waals surface area contributed by atoms with Gasteiger partial charge in [-0.25, -0.2) is 15.0 Å². The molecule has 2 unspecified atom stereocenters. The Morgan fingerprint density at radius 3 is 2.71 bits per heavy atom. The van der Waals surface area contributed by atoms with Crippen LogP contribution in [0.1, 0.15) is 41.8 Å². The Balaban J connectivity index is 1.28. The van der Waals surface area contributed by atoms with E-state index in [1.807, 2.05) is 48.7 Å². The molecule has 0 bridgehead atoms. The molecule has 3 heterocycles. The lowest BCUT2D eigenvalue weighted by molar-refractivity contribution is 0.281. The second-order valence-electron chi connectivity index (χ2n) is 8.84. The Morgan fingerprint density at radius 2 is 1.85 bits per heavy atom. The molecular formula is C28H29N5O. The summed E-state index contributed by atoms with van der Waals surface area (Å²) in [4.78, 5) is 14.2. The van der Waals surface area contributed by atoms with Crippen LogP contribution in [0.2, 0.25) is 0 Å². The summed E-state index contributed by atoms with van der Waals surface area (Å²) >= 11 is 0. The van der Waals surface area contributed by atoms with Gasteiger partial charge in [-0.15, -0.1) is 0 Å². The fourth-order valence-electron chi connectivity index (χ4n) is 4.46. The molecule has 6 nitrogen and oxygen atoms in total. The van der Waals surface area contributed by atoms with Crippen molar-refractivity contribution in [2.24, 2.45) is 0 Å². The Kier molecular flexibility index (Phi) is 6.49. The van der Waals surface area contributed by atoms with Gasteiger partial charge in [0.1, 0.15) is 5.82 Å². The second-order valence-corrected chi connectivity index (χ2v) is 8.84. The van der Waals surface area contributed by atoms with Crippen molar-refractivity contribution in [2.45, 2.75) is 44.9 Å². The van der Waals surface area contributed by atoms with E-state index in [-0.39, 0.29) is 18.7 Å².